The predicted molar refractivity (Wildman–Crippen MR) is 80.2 cm³/mol. The van der Waals surface area contributed by atoms with Crippen LogP contribution in [0.1, 0.15) is 13.8 Å². The summed E-state index contributed by atoms with van der Waals surface area (Å²) in [7, 11) is 6.70. The summed E-state index contributed by atoms with van der Waals surface area (Å²) in [4.78, 5) is 0. The summed E-state index contributed by atoms with van der Waals surface area (Å²) < 4.78 is 28.1. The van der Waals surface area contributed by atoms with E-state index in [2.05, 4.69) is 13.8 Å². The van der Waals surface area contributed by atoms with Gasteiger partial charge in [0.2, 0.25) is 0 Å². The third-order valence-electron chi connectivity index (χ3n) is 3.33. The summed E-state index contributed by atoms with van der Waals surface area (Å²) in [5.41, 5.74) is -0.0705. The van der Waals surface area contributed by atoms with E-state index in [-0.39, 0.29) is 29.9 Å². The summed E-state index contributed by atoms with van der Waals surface area (Å²) in [5, 5.41) is 0. The van der Waals surface area contributed by atoms with Crippen LogP contribution < -0.4 is 0 Å². The zero-order valence-electron chi connectivity index (χ0n) is 13.3. The first-order chi connectivity index (χ1) is 9.58. The molecule has 6 heteroatoms. The van der Waals surface area contributed by atoms with Gasteiger partial charge in [0.25, 0.3) is 0 Å². The molecule has 1 fully saturated rings. The van der Waals surface area contributed by atoms with E-state index in [1.807, 2.05) is 0 Å². The smallest absolute Gasteiger partial charge is 0.132 e. The fourth-order valence-corrected chi connectivity index (χ4v) is 3.65. The van der Waals surface area contributed by atoms with Crippen LogP contribution in [0.2, 0.25) is 0 Å². The van der Waals surface area contributed by atoms with Crippen molar-refractivity contribution in [1.29, 1.82) is 0 Å². The second kappa shape index (κ2) is 9.23. The fourth-order valence-electron chi connectivity index (χ4n) is 2.40. The van der Waals surface area contributed by atoms with Crippen molar-refractivity contribution >= 4 is 11.8 Å². The van der Waals surface area contributed by atoms with Crippen molar-refractivity contribution in [3.63, 3.8) is 0 Å². The average molecular weight is 308 g/mol. The zero-order valence-corrected chi connectivity index (χ0v) is 14.1. The van der Waals surface area contributed by atoms with Gasteiger partial charge in [-0.05, 0) is 11.7 Å². The first-order valence-electron chi connectivity index (χ1n) is 6.93. The molecule has 0 unspecified atom stereocenters. The van der Waals surface area contributed by atoms with E-state index in [0.717, 1.165) is 5.75 Å². The van der Waals surface area contributed by atoms with Crippen LogP contribution >= 0.6 is 11.8 Å². The summed E-state index contributed by atoms with van der Waals surface area (Å²) in [6.07, 6.45) is -0.655. The fraction of sp³-hybridized carbons (Fsp3) is 1.00. The first-order valence-corrected chi connectivity index (χ1v) is 7.98. The maximum absolute atomic E-state index is 6.12. The largest absolute Gasteiger partial charge is 0.382 e. The highest BCUT2D eigenvalue weighted by Gasteiger charge is 2.47. The van der Waals surface area contributed by atoms with Gasteiger partial charge in [-0.1, -0.05) is 13.8 Å². The Morgan fingerprint density at radius 2 is 1.55 bits per heavy atom. The van der Waals surface area contributed by atoms with E-state index in [1.54, 1.807) is 40.2 Å². The lowest BCUT2D eigenvalue weighted by molar-refractivity contribution is -0.229. The minimum absolute atomic E-state index is 0.0705. The first kappa shape index (κ1) is 18.2. The molecule has 0 bridgehead atoms. The highest BCUT2D eigenvalue weighted by atomic mass is 32.2. The minimum atomic E-state index is -0.194. The Labute approximate surface area is 126 Å². The third-order valence-corrected chi connectivity index (χ3v) is 4.90. The Morgan fingerprint density at radius 1 is 0.950 bits per heavy atom. The van der Waals surface area contributed by atoms with Crippen LogP contribution in [0.15, 0.2) is 0 Å². The Balaban J connectivity index is 2.82. The molecule has 5 atom stereocenters. The van der Waals surface area contributed by atoms with E-state index in [4.69, 9.17) is 23.7 Å². The zero-order chi connectivity index (χ0) is 15.1. The molecule has 1 saturated heterocycles. The van der Waals surface area contributed by atoms with Crippen molar-refractivity contribution in [3.05, 3.63) is 0 Å². The maximum Gasteiger partial charge on any atom is 0.132 e. The molecule has 1 aliphatic rings. The summed E-state index contributed by atoms with van der Waals surface area (Å²) in [6.45, 7) is 4.86. The van der Waals surface area contributed by atoms with Crippen LogP contribution in [0.4, 0.5) is 0 Å². The quantitative estimate of drug-likeness (QED) is 0.681. The molecular weight excluding hydrogens is 280 g/mol. The van der Waals surface area contributed by atoms with Crippen LogP contribution in [0.3, 0.4) is 0 Å². The lowest BCUT2D eigenvalue weighted by Crippen LogP contribution is -2.59. The Morgan fingerprint density at radius 3 is 2.00 bits per heavy atom. The van der Waals surface area contributed by atoms with E-state index >= 15 is 0 Å². The second-order valence-corrected chi connectivity index (χ2v) is 6.46. The molecule has 120 valence electrons. The van der Waals surface area contributed by atoms with Gasteiger partial charge in [0.05, 0.1) is 6.61 Å². The van der Waals surface area contributed by atoms with Gasteiger partial charge in [0.1, 0.15) is 29.9 Å². The van der Waals surface area contributed by atoms with Crippen molar-refractivity contribution in [1.82, 2.24) is 0 Å². The van der Waals surface area contributed by atoms with Gasteiger partial charge in [0.15, 0.2) is 0 Å². The molecule has 1 aliphatic heterocycles. The maximum atomic E-state index is 6.12. The van der Waals surface area contributed by atoms with Gasteiger partial charge in [-0.2, -0.15) is 0 Å². The molecule has 1 heterocycles. The van der Waals surface area contributed by atoms with Gasteiger partial charge in [0, 0.05) is 28.4 Å². The SMILES string of the molecule is COC[C@H]1O[C@@H](SCC(C)C)[C@H](OC)[C@@H](OC)[C@@H]1OC. The molecule has 0 amide bonds. The molecule has 0 radical (unpaired) electrons. The molecule has 0 aliphatic carbocycles. The molecule has 0 saturated carbocycles. The molecular formula is C14H28O5S. The van der Waals surface area contributed by atoms with Gasteiger partial charge >= 0.3 is 0 Å². The van der Waals surface area contributed by atoms with Crippen LogP contribution in [0.25, 0.3) is 0 Å². The number of thioether (sulfide) groups is 1. The van der Waals surface area contributed by atoms with Gasteiger partial charge in [-0.15, -0.1) is 11.8 Å². The molecule has 20 heavy (non-hydrogen) atoms. The topological polar surface area (TPSA) is 46.2 Å². The molecule has 0 N–H and O–H groups in total. The molecule has 0 aromatic heterocycles. The number of ether oxygens (including phenoxy) is 5. The lowest BCUT2D eigenvalue weighted by Gasteiger charge is -2.44. The van der Waals surface area contributed by atoms with Crippen molar-refractivity contribution in [2.24, 2.45) is 5.92 Å². The van der Waals surface area contributed by atoms with Gasteiger partial charge in [-0.3, -0.25) is 0 Å². The van der Waals surface area contributed by atoms with Crippen molar-refractivity contribution in [2.45, 2.75) is 43.7 Å². The number of methoxy groups -OCH3 is 4. The van der Waals surface area contributed by atoms with Gasteiger partial charge in [-0.25, -0.2) is 0 Å². The molecule has 0 spiro atoms. The van der Waals surface area contributed by atoms with E-state index in [9.17, 15) is 0 Å². The number of hydrogen-bond donors (Lipinski definition) is 0. The van der Waals surface area contributed by atoms with Crippen LogP contribution in [0, 0.1) is 5.92 Å². The average Bonchev–Trinajstić information content (AvgIpc) is 2.44. The Bertz CT molecular complexity index is 264. The number of rotatable bonds is 8. The van der Waals surface area contributed by atoms with Gasteiger partial charge < -0.3 is 23.7 Å². The van der Waals surface area contributed by atoms with Crippen molar-refractivity contribution in [3.8, 4) is 0 Å². The summed E-state index contributed by atoms with van der Waals surface area (Å²) in [5.74, 6) is 1.61. The van der Waals surface area contributed by atoms with E-state index in [1.165, 1.54) is 0 Å². The minimum Gasteiger partial charge on any atom is -0.382 e. The van der Waals surface area contributed by atoms with E-state index < -0.39 is 0 Å². The lowest BCUT2D eigenvalue weighted by atomic mass is 9.99. The Hall–Kier alpha value is 0.150. The van der Waals surface area contributed by atoms with E-state index in [0.29, 0.717) is 12.5 Å². The van der Waals surface area contributed by atoms with Crippen molar-refractivity contribution < 1.29 is 23.7 Å². The normalized spacial score (nSPS) is 34.6. The molecule has 0 aromatic carbocycles. The predicted octanol–water partition coefficient (Wildman–Crippen LogP) is 1.79. The second-order valence-electron chi connectivity index (χ2n) is 5.33. The van der Waals surface area contributed by atoms with Crippen LogP contribution in [-0.2, 0) is 23.7 Å². The number of hydrogen-bond acceptors (Lipinski definition) is 6. The highest BCUT2D eigenvalue weighted by molar-refractivity contribution is 7.99. The highest BCUT2D eigenvalue weighted by Crippen LogP contribution is 2.33. The molecule has 0 aromatic rings. The third kappa shape index (κ3) is 4.58. The molecule has 1 rings (SSSR count). The molecule has 5 nitrogen and oxygen atoms in total. The standard InChI is InChI=1S/C14H28O5S/c1-9(2)8-20-14-13(18-6)12(17-5)11(16-4)10(19-14)7-15-3/h9-14H,7-8H2,1-6H3/t10-,11-,12+,13-,14+/m1/s1. The Kier molecular flexibility index (Phi) is 8.39. The van der Waals surface area contributed by atoms with Crippen LogP contribution in [0.5, 0.6) is 0 Å². The monoisotopic (exact) mass is 308 g/mol. The summed E-state index contributed by atoms with van der Waals surface area (Å²) >= 11 is 1.76. The summed E-state index contributed by atoms with van der Waals surface area (Å²) in [6, 6.07) is 0. The van der Waals surface area contributed by atoms with Crippen LogP contribution in [-0.4, -0.2) is 70.7 Å². The van der Waals surface area contributed by atoms with Crippen molar-refractivity contribution in [2.75, 3.05) is 40.8 Å².